The van der Waals surface area contributed by atoms with E-state index < -0.39 is 9.85 Å². The van der Waals surface area contributed by atoms with Gasteiger partial charge in [-0.05, 0) is 98.7 Å². The largest absolute Gasteiger partial charge is 0.457 e. The van der Waals surface area contributed by atoms with E-state index in [-0.39, 0.29) is 11.4 Å². The second kappa shape index (κ2) is 16.6. The lowest BCUT2D eigenvalue weighted by Crippen LogP contribution is -2.25. The van der Waals surface area contributed by atoms with Gasteiger partial charge >= 0.3 is 0 Å². The Balaban J connectivity index is 0.992. The third kappa shape index (κ3) is 10.8. The molecule has 4 aromatic carbocycles. The van der Waals surface area contributed by atoms with E-state index in [4.69, 9.17) is 9.47 Å². The van der Waals surface area contributed by atoms with Gasteiger partial charge in [0.05, 0.1) is 9.85 Å². The first-order valence-corrected chi connectivity index (χ1v) is 14.1. The van der Waals surface area contributed by atoms with E-state index in [9.17, 15) is 20.2 Å². The summed E-state index contributed by atoms with van der Waals surface area (Å²) in [6.07, 6.45) is 2.06. The zero-order valence-corrected chi connectivity index (χ0v) is 23.7. The van der Waals surface area contributed by atoms with Crippen LogP contribution in [-0.4, -0.2) is 36.0 Å². The van der Waals surface area contributed by atoms with E-state index in [1.165, 1.54) is 24.3 Å². The maximum atomic E-state index is 10.8. The van der Waals surface area contributed by atoms with Crippen molar-refractivity contribution in [2.24, 2.45) is 0 Å². The second-order valence-corrected chi connectivity index (χ2v) is 9.80. The lowest BCUT2D eigenvalue weighted by atomic mass is 10.2. The number of non-ortho nitro benzene ring substituents is 2. The molecule has 0 saturated heterocycles. The van der Waals surface area contributed by atoms with Crippen molar-refractivity contribution in [2.45, 2.75) is 25.9 Å². The number of benzene rings is 4. The van der Waals surface area contributed by atoms with Gasteiger partial charge in [0.1, 0.15) is 23.0 Å². The van der Waals surface area contributed by atoms with E-state index >= 15 is 0 Å². The Bertz CT molecular complexity index is 1320. The predicted octanol–water partition coefficient (Wildman–Crippen LogP) is 6.34. The zero-order valence-electron chi connectivity index (χ0n) is 23.7. The van der Waals surface area contributed by atoms with Crippen molar-refractivity contribution in [1.29, 1.82) is 0 Å². The van der Waals surface area contributed by atoms with Crippen LogP contribution in [0.1, 0.15) is 24.0 Å². The average Bonchev–Trinajstić information content (AvgIpc) is 3.02. The van der Waals surface area contributed by atoms with Gasteiger partial charge in [-0.1, -0.05) is 24.3 Å². The molecule has 0 heterocycles. The molecular formula is C32H35N5O6. The molecule has 0 aromatic heterocycles. The fraction of sp³-hybridized carbons (Fsp3) is 0.250. The van der Waals surface area contributed by atoms with Crippen LogP contribution in [0.4, 0.5) is 11.4 Å². The van der Waals surface area contributed by atoms with E-state index in [1.807, 2.05) is 48.5 Å². The van der Waals surface area contributed by atoms with E-state index in [0.29, 0.717) is 23.0 Å². The maximum Gasteiger partial charge on any atom is 0.269 e. The molecule has 0 amide bonds. The summed E-state index contributed by atoms with van der Waals surface area (Å²) in [4.78, 5) is 20.6. The molecule has 4 aromatic rings. The van der Waals surface area contributed by atoms with Gasteiger partial charge in [0.15, 0.2) is 0 Å². The molecule has 0 aliphatic heterocycles. The number of rotatable bonds is 18. The number of nitrogens with one attached hydrogen (secondary N) is 3. The zero-order chi connectivity index (χ0) is 30.3. The van der Waals surface area contributed by atoms with Crippen LogP contribution in [0.15, 0.2) is 97.1 Å². The summed E-state index contributed by atoms with van der Waals surface area (Å²) < 4.78 is 11.5. The molecule has 0 fully saturated rings. The van der Waals surface area contributed by atoms with Crippen molar-refractivity contribution in [2.75, 3.05) is 26.2 Å². The highest BCUT2D eigenvalue weighted by atomic mass is 16.6. The number of nitro benzene ring substituents is 2. The number of hydrogen-bond donors (Lipinski definition) is 3. The van der Waals surface area contributed by atoms with Crippen molar-refractivity contribution in [3.8, 4) is 23.0 Å². The second-order valence-electron chi connectivity index (χ2n) is 9.80. The number of ether oxygens (including phenoxy) is 2. The molecule has 3 N–H and O–H groups in total. The number of nitrogens with zero attached hydrogens (tertiary/aromatic N) is 2. The molecule has 11 heteroatoms. The van der Waals surface area contributed by atoms with Crippen LogP contribution in [-0.2, 0) is 13.1 Å². The molecule has 0 saturated carbocycles. The number of nitro groups is 2. The van der Waals surface area contributed by atoms with Gasteiger partial charge in [0, 0.05) is 37.4 Å². The predicted molar refractivity (Wildman–Crippen MR) is 165 cm³/mol. The van der Waals surface area contributed by atoms with Crippen LogP contribution in [0, 0.1) is 20.2 Å². The summed E-state index contributed by atoms with van der Waals surface area (Å²) in [7, 11) is 0. The van der Waals surface area contributed by atoms with Gasteiger partial charge in [-0.15, -0.1) is 0 Å². The molecule has 11 nitrogen and oxygen atoms in total. The van der Waals surface area contributed by atoms with Gasteiger partial charge in [0.2, 0.25) is 0 Å². The van der Waals surface area contributed by atoms with Crippen molar-refractivity contribution in [3.63, 3.8) is 0 Å². The summed E-state index contributed by atoms with van der Waals surface area (Å²) in [5.74, 6) is 2.47. The standard InChI is InChI=1S/C32H35N5O6/c38-36(39)27-7-15-31(16-8-27)42-29-11-3-25(4-12-29)23-34-21-1-19-33-20-2-22-35-24-26-5-13-30(14-6-26)43-32-17-9-28(10-18-32)37(40)41/h3-18,33-35H,1-2,19-24H2. The fourth-order valence-electron chi connectivity index (χ4n) is 4.16. The summed E-state index contributed by atoms with van der Waals surface area (Å²) in [6.45, 7) is 5.26. The van der Waals surface area contributed by atoms with Crippen LogP contribution in [0.25, 0.3) is 0 Å². The minimum Gasteiger partial charge on any atom is -0.457 e. The van der Waals surface area contributed by atoms with Crippen LogP contribution < -0.4 is 25.4 Å². The summed E-state index contributed by atoms with van der Waals surface area (Å²) in [6, 6.07) is 27.6. The molecular weight excluding hydrogens is 550 g/mol. The first-order chi connectivity index (χ1) is 21.0. The molecule has 0 spiro atoms. The SMILES string of the molecule is O=[N+]([O-])c1ccc(Oc2ccc(CNCCCNCCCNCc3ccc(Oc4ccc([N+](=O)[O-])cc4)cc3)cc2)cc1. The topological polar surface area (TPSA) is 141 Å². The normalized spacial score (nSPS) is 10.8. The van der Waals surface area contributed by atoms with Crippen molar-refractivity contribution < 1.29 is 19.3 Å². The molecule has 0 aliphatic rings. The van der Waals surface area contributed by atoms with Crippen molar-refractivity contribution in [3.05, 3.63) is 128 Å². The lowest BCUT2D eigenvalue weighted by Gasteiger charge is -2.09. The number of hydrogen-bond acceptors (Lipinski definition) is 9. The summed E-state index contributed by atoms with van der Waals surface area (Å²) in [5, 5.41) is 31.9. The van der Waals surface area contributed by atoms with Crippen LogP contribution in [0.5, 0.6) is 23.0 Å². The third-order valence-corrected chi connectivity index (χ3v) is 6.49. The van der Waals surface area contributed by atoms with Crippen molar-refractivity contribution in [1.82, 2.24) is 16.0 Å². The highest BCUT2D eigenvalue weighted by Gasteiger charge is 2.06. The Hall–Kier alpha value is -4.84. The molecule has 0 unspecified atom stereocenters. The van der Waals surface area contributed by atoms with E-state index in [2.05, 4.69) is 16.0 Å². The van der Waals surface area contributed by atoms with Crippen molar-refractivity contribution >= 4 is 11.4 Å². The summed E-state index contributed by atoms with van der Waals surface area (Å²) >= 11 is 0. The Morgan fingerprint density at radius 3 is 1.09 bits per heavy atom. The lowest BCUT2D eigenvalue weighted by molar-refractivity contribution is -0.385. The highest BCUT2D eigenvalue weighted by Crippen LogP contribution is 2.25. The van der Waals surface area contributed by atoms with Gasteiger partial charge in [-0.2, -0.15) is 0 Å². The minimum absolute atomic E-state index is 0.0352. The molecule has 0 atom stereocenters. The molecule has 224 valence electrons. The first-order valence-electron chi connectivity index (χ1n) is 14.1. The third-order valence-electron chi connectivity index (χ3n) is 6.49. The Morgan fingerprint density at radius 2 is 0.767 bits per heavy atom. The Kier molecular flexibility index (Phi) is 12.0. The van der Waals surface area contributed by atoms with Gasteiger partial charge in [-0.3, -0.25) is 20.2 Å². The minimum atomic E-state index is -0.434. The molecule has 0 radical (unpaired) electrons. The van der Waals surface area contributed by atoms with Gasteiger partial charge < -0.3 is 25.4 Å². The Morgan fingerprint density at radius 1 is 0.465 bits per heavy atom. The smallest absolute Gasteiger partial charge is 0.269 e. The van der Waals surface area contributed by atoms with Crippen LogP contribution in [0.2, 0.25) is 0 Å². The van der Waals surface area contributed by atoms with E-state index in [1.54, 1.807) is 24.3 Å². The molecule has 43 heavy (non-hydrogen) atoms. The average molecular weight is 586 g/mol. The van der Waals surface area contributed by atoms with Gasteiger partial charge in [0.25, 0.3) is 11.4 Å². The fourth-order valence-corrected chi connectivity index (χ4v) is 4.16. The highest BCUT2D eigenvalue weighted by molar-refractivity contribution is 5.40. The summed E-state index contributed by atoms with van der Waals surface area (Å²) in [5.41, 5.74) is 2.38. The monoisotopic (exact) mass is 585 g/mol. The van der Waals surface area contributed by atoms with E-state index in [0.717, 1.165) is 63.2 Å². The molecule has 4 rings (SSSR count). The van der Waals surface area contributed by atoms with Gasteiger partial charge in [-0.25, -0.2) is 0 Å². The maximum absolute atomic E-state index is 10.8. The first kappa shape index (κ1) is 31.1. The molecule has 0 bridgehead atoms. The van der Waals surface area contributed by atoms with Crippen LogP contribution in [0.3, 0.4) is 0 Å². The van der Waals surface area contributed by atoms with Crippen LogP contribution >= 0.6 is 0 Å². The quantitative estimate of drug-likeness (QED) is 0.0693. The molecule has 0 aliphatic carbocycles. The Labute approximate surface area is 250 Å².